The number of aryl methyl sites for hydroxylation is 1. The minimum absolute atomic E-state index is 0.0294. The molecule has 0 saturated heterocycles. The van der Waals surface area contributed by atoms with Crippen molar-refractivity contribution in [2.24, 2.45) is 0 Å². The van der Waals surface area contributed by atoms with Crippen molar-refractivity contribution in [1.82, 2.24) is 9.88 Å². The van der Waals surface area contributed by atoms with Gasteiger partial charge < -0.3 is 14.6 Å². The summed E-state index contributed by atoms with van der Waals surface area (Å²) >= 11 is 0. The van der Waals surface area contributed by atoms with Gasteiger partial charge in [-0.25, -0.2) is 0 Å². The fourth-order valence-electron chi connectivity index (χ4n) is 1.75. The van der Waals surface area contributed by atoms with Gasteiger partial charge in [-0.3, -0.25) is 0 Å². The van der Waals surface area contributed by atoms with Gasteiger partial charge in [0.15, 0.2) is 0 Å². The molecule has 1 N–H and O–H groups in total. The van der Waals surface area contributed by atoms with E-state index in [0.717, 1.165) is 19.7 Å². The van der Waals surface area contributed by atoms with E-state index in [1.165, 1.54) is 12.0 Å². The molecule has 0 aliphatic rings. The third-order valence-corrected chi connectivity index (χ3v) is 2.57. The minimum atomic E-state index is 0.0294. The molecule has 1 heterocycles. The molecule has 0 spiro atoms. The van der Waals surface area contributed by atoms with E-state index in [1.807, 2.05) is 0 Å². The molecule has 3 nitrogen and oxygen atoms in total. The predicted octanol–water partition coefficient (Wildman–Crippen LogP) is 2.41. The number of aromatic nitrogens is 1. The number of nitrogens with zero attached hydrogens (tertiary/aromatic N) is 1. The standard InChI is InChI=1S/C13H24N2O/c1-5-7-15-8-6-12(10-15)9-14-13(2,3)11-16-4/h6,8,10,14H,5,7,9,11H2,1-4H3. The quantitative estimate of drug-likeness (QED) is 0.770. The van der Waals surface area contributed by atoms with Crippen LogP contribution >= 0.6 is 0 Å². The molecular weight excluding hydrogens is 200 g/mol. The Balaban J connectivity index is 2.41. The maximum absolute atomic E-state index is 5.17. The molecule has 0 radical (unpaired) electrons. The summed E-state index contributed by atoms with van der Waals surface area (Å²) < 4.78 is 7.41. The lowest BCUT2D eigenvalue weighted by atomic mass is 10.1. The van der Waals surface area contributed by atoms with Gasteiger partial charge in [-0.15, -0.1) is 0 Å². The van der Waals surface area contributed by atoms with Crippen molar-refractivity contribution in [3.05, 3.63) is 24.0 Å². The molecule has 1 rings (SSSR count). The summed E-state index contributed by atoms with van der Waals surface area (Å²) in [6, 6.07) is 2.17. The molecule has 0 aromatic carbocycles. The maximum atomic E-state index is 5.17. The Kier molecular flexibility index (Phi) is 5.03. The van der Waals surface area contributed by atoms with Crippen molar-refractivity contribution < 1.29 is 4.74 Å². The first-order valence-corrected chi connectivity index (χ1v) is 5.96. The molecule has 0 atom stereocenters. The van der Waals surface area contributed by atoms with Gasteiger partial charge in [-0.05, 0) is 31.9 Å². The van der Waals surface area contributed by atoms with Crippen molar-refractivity contribution in [1.29, 1.82) is 0 Å². The smallest absolute Gasteiger partial charge is 0.0639 e. The van der Waals surface area contributed by atoms with Crippen LogP contribution in [0, 0.1) is 0 Å². The van der Waals surface area contributed by atoms with Gasteiger partial charge in [0.2, 0.25) is 0 Å². The Bertz CT molecular complexity index is 305. The molecule has 1 aromatic rings. The van der Waals surface area contributed by atoms with Crippen LogP contribution in [0.5, 0.6) is 0 Å². The molecule has 0 unspecified atom stereocenters. The van der Waals surface area contributed by atoms with Crippen LogP contribution < -0.4 is 5.32 Å². The number of rotatable bonds is 7. The first-order valence-electron chi connectivity index (χ1n) is 5.96. The third-order valence-electron chi connectivity index (χ3n) is 2.57. The van der Waals surface area contributed by atoms with Gasteiger partial charge in [0.05, 0.1) is 6.61 Å². The maximum Gasteiger partial charge on any atom is 0.0639 e. The van der Waals surface area contributed by atoms with Crippen molar-refractivity contribution in [3.8, 4) is 0 Å². The second kappa shape index (κ2) is 6.06. The van der Waals surface area contributed by atoms with Gasteiger partial charge in [0.25, 0.3) is 0 Å². The first-order chi connectivity index (χ1) is 7.57. The van der Waals surface area contributed by atoms with Crippen LogP contribution in [-0.4, -0.2) is 23.8 Å². The number of hydrogen-bond donors (Lipinski definition) is 1. The van der Waals surface area contributed by atoms with Crippen LogP contribution in [0.4, 0.5) is 0 Å². The fraction of sp³-hybridized carbons (Fsp3) is 0.692. The van der Waals surface area contributed by atoms with E-state index in [-0.39, 0.29) is 5.54 Å². The Morgan fingerprint density at radius 1 is 1.44 bits per heavy atom. The third kappa shape index (κ3) is 4.37. The second-order valence-corrected chi connectivity index (χ2v) is 4.93. The monoisotopic (exact) mass is 224 g/mol. The lowest BCUT2D eigenvalue weighted by Crippen LogP contribution is -2.42. The average Bonchev–Trinajstić information content (AvgIpc) is 2.64. The zero-order valence-electron chi connectivity index (χ0n) is 10.9. The fourth-order valence-corrected chi connectivity index (χ4v) is 1.75. The second-order valence-electron chi connectivity index (χ2n) is 4.93. The Morgan fingerprint density at radius 3 is 2.81 bits per heavy atom. The predicted molar refractivity (Wildman–Crippen MR) is 67.5 cm³/mol. The molecular formula is C13H24N2O. The minimum Gasteiger partial charge on any atom is -0.383 e. The van der Waals surface area contributed by atoms with Crippen LogP contribution in [0.1, 0.15) is 32.8 Å². The van der Waals surface area contributed by atoms with Crippen LogP contribution in [0.15, 0.2) is 18.5 Å². The number of nitrogens with one attached hydrogen (secondary N) is 1. The van der Waals surface area contributed by atoms with Crippen LogP contribution in [0.3, 0.4) is 0 Å². The Morgan fingerprint density at radius 2 is 2.19 bits per heavy atom. The topological polar surface area (TPSA) is 26.2 Å². The molecule has 0 saturated carbocycles. The number of hydrogen-bond acceptors (Lipinski definition) is 2. The lowest BCUT2D eigenvalue weighted by Gasteiger charge is -2.25. The molecule has 92 valence electrons. The highest BCUT2D eigenvalue weighted by atomic mass is 16.5. The van der Waals surface area contributed by atoms with Gasteiger partial charge in [-0.2, -0.15) is 0 Å². The first kappa shape index (κ1) is 13.3. The van der Waals surface area contributed by atoms with Crippen LogP contribution in [0.2, 0.25) is 0 Å². The molecule has 3 heteroatoms. The summed E-state index contributed by atoms with van der Waals surface area (Å²) in [6.07, 6.45) is 5.53. The summed E-state index contributed by atoms with van der Waals surface area (Å²) in [5, 5.41) is 3.49. The van der Waals surface area contributed by atoms with Gasteiger partial charge >= 0.3 is 0 Å². The Hall–Kier alpha value is -0.800. The normalized spacial score (nSPS) is 12.0. The van der Waals surface area contributed by atoms with Gasteiger partial charge in [0, 0.05) is 38.1 Å². The SMILES string of the molecule is CCCn1ccc(CNC(C)(C)COC)c1. The Labute approximate surface area is 98.8 Å². The highest BCUT2D eigenvalue weighted by Crippen LogP contribution is 2.07. The molecule has 16 heavy (non-hydrogen) atoms. The van der Waals surface area contributed by atoms with Crippen molar-refractivity contribution >= 4 is 0 Å². The van der Waals surface area contributed by atoms with E-state index in [9.17, 15) is 0 Å². The summed E-state index contributed by atoms with van der Waals surface area (Å²) in [5.74, 6) is 0. The summed E-state index contributed by atoms with van der Waals surface area (Å²) in [6.45, 7) is 9.22. The summed E-state index contributed by atoms with van der Waals surface area (Å²) in [5.41, 5.74) is 1.36. The number of ether oxygens (including phenoxy) is 1. The highest BCUT2D eigenvalue weighted by Gasteiger charge is 2.16. The zero-order chi connectivity index (χ0) is 12.0. The van der Waals surface area contributed by atoms with E-state index in [2.05, 4.69) is 49.1 Å². The van der Waals surface area contributed by atoms with Crippen LogP contribution in [0.25, 0.3) is 0 Å². The lowest BCUT2D eigenvalue weighted by molar-refractivity contribution is 0.128. The molecule has 0 bridgehead atoms. The molecule has 0 fully saturated rings. The molecule has 0 amide bonds. The van der Waals surface area contributed by atoms with Gasteiger partial charge in [0.1, 0.15) is 0 Å². The van der Waals surface area contributed by atoms with Crippen molar-refractivity contribution in [2.75, 3.05) is 13.7 Å². The van der Waals surface area contributed by atoms with E-state index < -0.39 is 0 Å². The van der Waals surface area contributed by atoms with E-state index >= 15 is 0 Å². The average molecular weight is 224 g/mol. The largest absolute Gasteiger partial charge is 0.383 e. The molecule has 0 aliphatic carbocycles. The van der Waals surface area contributed by atoms with Crippen molar-refractivity contribution in [3.63, 3.8) is 0 Å². The zero-order valence-corrected chi connectivity index (χ0v) is 10.9. The van der Waals surface area contributed by atoms with E-state index in [1.54, 1.807) is 7.11 Å². The van der Waals surface area contributed by atoms with Crippen molar-refractivity contribution in [2.45, 2.75) is 45.8 Å². The number of methoxy groups -OCH3 is 1. The summed E-state index contributed by atoms with van der Waals surface area (Å²) in [7, 11) is 1.74. The van der Waals surface area contributed by atoms with Crippen LogP contribution in [-0.2, 0) is 17.8 Å². The molecule has 1 aromatic heterocycles. The van der Waals surface area contributed by atoms with E-state index in [4.69, 9.17) is 4.74 Å². The molecule has 0 aliphatic heterocycles. The summed E-state index contributed by atoms with van der Waals surface area (Å²) in [4.78, 5) is 0. The van der Waals surface area contributed by atoms with E-state index in [0.29, 0.717) is 0 Å². The van der Waals surface area contributed by atoms with Gasteiger partial charge in [-0.1, -0.05) is 6.92 Å². The highest BCUT2D eigenvalue weighted by molar-refractivity contribution is 5.10.